The number of likely N-dealkylation sites (N-methyl/N-ethyl adjacent to an activating group) is 1. The van der Waals surface area contributed by atoms with Crippen LogP contribution in [0.3, 0.4) is 0 Å². The average Bonchev–Trinajstić information content (AvgIpc) is 2.12. The summed E-state index contributed by atoms with van der Waals surface area (Å²) in [6.07, 6.45) is 0. The molecule has 18 heavy (non-hydrogen) atoms. The predicted molar refractivity (Wildman–Crippen MR) is 74.3 cm³/mol. The zero-order valence-corrected chi connectivity index (χ0v) is 11.7. The van der Waals surface area contributed by atoms with Crippen molar-refractivity contribution < 1.29 is 5.11 Å². The van der Waals surface area contributed by atoms with Crippen molar-refractivity contribution in [3.63, 3.8) is 0 Å². The molecule has 1 heterocycles. The van der Waals surface area contributed by atoms with Crippen LogP contribution in [0.5, 0.6) is 0 Å². The van der Waals surface area contributed by atoms with Gasteiger partial charge in [-0.25, -0.2) is 0 Å². The van der Waals surface area contributed by atoms with Gasteiger partial charge >= 0.3 is 0 Å². The van der Waals surface area contributed by atoms with Crippen molar-refractivity contribution in [3.05, 3.63) is 23.0 Å². The molecule has 5 nitrogen and oxygen atoms in total. The van der Waals surface area contributed by atoms with Crippen LogP contribution in [0.4, 0.5) is 5.69 Å². The molecule has 0 saturated carbocycles. The molecule has 1 rings (SSSR count). The summed E-state index contributed by atoms with van der Waals surface area (Å²) < 4.78 is 0. The normalized spacial score (nSPS) is 11.4. The summed E-state index contributed by atoms with van der Waals surface area (Å²) >= 11 is 0. The molecule has 5 heteroatoms. The number of amidine groups is 1. The van der Waals surface area contributed by atoms with E-state index in [9.17, 15) is 5.11 Å². The van der Waals surface area contributed by atoms with Crippen LogP contribution in [0.25, 0.3) is 0 Å². The van der Waals surface area contributed by atoms with Crippen molar-refractivity contribution in [2.24, 2.45) is 5.73 Å². The molecule has 0 radical (unpaired) electrons. The highest BCUT2D eigenvalue weighted by Gasteiger charge is 2.20. The van der Waals surface area contributed by atoms with Crippen molar-refractivity contribution in [2.45, 2.75) is 33.3 Å². The Hall–Kier alpha value is -1.62. The van der Waals surface area contributed by atoms with E-state index in [-0.39, 0.29) is 5.84 Å². The number of anilines is 1. The Labute approximate surface area is 108 Å². The number of rotatable bonds is 4. The molecule has 100 valence electrons. The van der Waals surface area contributed by atoms with Gasteiger partial charge in [-0.3, -0.25) is 10.4 Å². The Kier molecular flexibility index (Phi) is 3.96. The van der Waals surface area contributed by atoms with Gasteiger partial charge in [0, 0.05) is 19.3 Å². The van der Waals surface area contributed by atoms with Crippen molar-refractivity contribution in [3.8, 4) is 0 Å². The number of aromatic nitrogens is 1. The Morgan fingerprint density at radius 2 is 2.06 bits per heavy atom. The first-order valence-corrected chi connectivity index (χ1v) is 5.88. The highest BCUT2D eigenvalue weighted by Crippen LogP contribution is 2.24. The van der Waals surface area contributed by atoms with E-state index in [1.165, 1.54) is 0 Å². The molecule has 0 spiro atoms. The lowest BCUT2D eigenvalue weighted by atomic mass is 10.1. The monoisotopic (exact) mass is 250 g/mol. The molecule has 0 aliphatic carbocycles. The topological polar surface area (TPSA) is 86.2 Å². The molecule has 0 aliphatic rings. The van der Waals surface area contributed by atoms with Gasteiger partial charge in [0.05, 0.1) is 22.5 Å². The van der Waals surface area contributed by atoms with Crippen LogP contribution in [0.1, 0.15) is 30.8 Å². The number of nitrogens with zero attached hydrogens (tertiary/aromatic N) is 2. The Morgan fingerprint density at radius 1 is 1.50 bits per heavy atom. The number of pyridine rings is 1. The van der Waals surface area contributed by atoms with Crippen LogP contribution >= 0.6 is 0 Å². The maximum absolute atomic E-state index is 9.88. The van der Waals surface area contributed by atoms with Crippen molar-refractivity contribution in [2.75, 3.05) is 18.5 Å². The number of hydrogen-bond donors (Lipinski definition) is 3. The van der Waals surface area contributed by atoms with Gasteiger partial charge in [0.2, 0.25) is 0 Å². The molecule has 1 aromatic rings. The van der Waals surface area contributed by atoms with Crippen LogP contribution < -0.4 is 10.6 Å². The second kappa shape index (κ2) is 4.94. The van der Waals surface area contributed by atoms with E-state index in [0.29, 0.717) is 12.1 Å². The van der Waals surface area contributed by atoms with Crippen LogP contribution in [0.2, 0.25) is 0 Å². The number of aryl methyl sites for hydroxylation is 2. The van der Waals surface area contributed by atoms with E-state index in [1.807, 2.05) is 31.9 Å². The van der Waals surface area contributed by atoms with E-state index in [0.717, 1.165) is 17.1 Å². The van der Waals surface area contributed by atoms with Crippen molar-refractivity contribution in [1.29, 1.82) is 5.41 Å². The van der Waals surface area contributed by atoms with Gasteiger partial charge in [0.1, 0.15) is 5.84 Å². The van der Waals surface area contributed by atoms with Crippen molar-refractivity contribution >= 4 is 11.5 Å². The molecular formula is C13H22N4O. The molecule has 0 aromatic carbocycles. The molecule has 0 atom stereocenters. The van der Waals surface area contributed by atoms with Gasteiger partial charge in [-0.1, -0.05) is 0 Å². The van der Waals surface area contributed by atoms with Crippen LogP contribution in [-0.2, 0) is 0 Å². The van der Waals surface area contributed by atoms with Gasteiger partial charge < -0.3 is 15.7 Å². The molecule has 0 saturated heterocycles. The lowest BCUT2D eigenvalue weighted by Gasteiger charge is -2.29. The zero-order chi connectivity index (χ0) is 14.1. The summed E-state index contributed by atoms with van der Waals surface area (Å²) in [7, 11) is 1.87. The SMILES string of the molecule is Cc1cc(N(C)CC(C)(C)O)c(C(=N)N)c(C)n1. The summed E-state index contributed by atoms with van der Waals surface area (Å²) in [6, 6.07) is 1.88. The minimum atomic E-state index is -0.812. The van der Waals surface area contributed by atoms with Gasteiger partial charge in [0.25, 0.3) is 0 Å². The fourth-order valence-corrected chi connectivity index (χ4v) is 2.11. The standard InChI is InChI=1S/C13H22N4O/c1-8-6-10(17(5)7-13(3,4)18)11(12(14)15)9(2)16-8/h6,18H,7H2,1-5H3,(H3,14,15). The smallest absolute Gasteiger partial charge is 0.126 e. The fourth-order valence-electron chi connectivity index (χ4n) is 2.11. The summed E-state index contributed by atoms with van der Waals surface area (Å²) in [4.78, 5) is 6.23. The lowest BCUT2D eigenvalue weighted by molar-refractivity contribution is 0.0886. The van der Waals surface area contributed by atoms with Crippen molar-refractivity contribution in [1.82, 2.24) is 4.98 Å². The molecule has 0 fully saturated rings. The second-order valence-corrected chi connectivity index (χ2v) is 5.33. The highest BCUT2D eigenvalue weighted by molar-refractivity contribution is 6.01. The van der Waals surface area contributed by atoms with Gasteiger partial charge in [-0.2, -0.15) is 0 Å². The number of nitrogens with one attached hydrogen (secondary N) is 1. The Morgan fingerprint density at radius 3 is 2.50 bits per heavy atom. The molecule has 0 aliphatic heterocycles. The Balaban J connectivity index is 3.26. The molecule has 4 N–H and O–H groups in total. The first kappa shape index (κ1) is 14.4. The third-order valence-corrected chi connectivity index (χ3v) is 2.61. The first-order valence-electron chi connectivity index (χ1n) is 5.88. The van der Waals surface area contributed by atoms with E-state index in [2.05, 4.69) is 4.98 Å². The second-order valence-electron chi connectivity index (χ2n) is 5.33. The number of nitrogens with two attached hydrogens (primary N) is 1. The molecule has 1 aromatic heterocycles. The molecule has 0 bridgehead atoms. The minimum Gasteiger partial charge on any atom is -0.389 e. The fraction of sp³-hybridized carbons (Fsp3) is 0.538. The van der Waals surface area contributed by atoms with Gasteiger partial charge in [-0.05, 0) is 33.8 Å². The maximum atomic E-state index is 9.88. The largest absolute Gasteiger partial charge is 0.389 e. The summed E-state index contributed by atoms with van der Waals surface area (Å²) in [5.74, 6) is -0.00223. The average molecular weight is 250 g/mol. The summed E-state index contributed by atoms with van der Waals surface area (Å²) in [5, 5.41) is 17.5. The summed E-state index contributed by atoms with van der Waals surface area (Å²) in [5.41, 5.74) is 7.88. The molecule has 0 unspecified atom stereocenters. The highest BCUT2D eigenvalue weighted by atomic mass is 16.3. The van der Waals surface area contributed by atoms with Crippen LogP contribution in [-0.4, -0.2) is 35.1 Å². The van der Waals surface area contributed by atoms with E-state index in [4.69, 9.17) is 11.1 Å². The number of nitrogen functional groups attached to an aromatic ring is 1. The minimum absolute atomic E-state index is 0.00223. The maximum Gasteiger partial charge on any atom is 0.126 e. The zero-order valence-electron chi connectivity index (χ0n) is 11.7. The quantitative estimate of drug-likeness (QED) is 0.553. The first-order chi connectivity index (χ1) is 8.11. The Bertz CT molecular complexity index is 463. The number of aliphatic hydroxyl groups is 1. The van der Waals surface area contributed by atoms with Gasteiger partial charge in [-0.15, -0.1) is 0 Å². The number of hydrogen-bond acceptors (Lipinski definition) is 4. The van der Waals surface area contributed by atoms with Crippen LogP contribution in [0.15, 0.2) is 6.07 Å². The molecule has 0 amide bonds. The van der Waals surface area contributed by atoms with E-state index in [1.54, 1.807) is 13.8 Å². The van der Waals surface area contributed by atoms with Crippen LogP contribution in [0, 0.1) is 19.3 Å². The van der Waals surface area contributed by atoms with E-state index < -0.39 is 5.60 Å². The molecular weight excluding hydrogens is 228 g/mol. The predicted octanol–water partition coefficient (Wildman–Crippen LogP) is 1.19. The third-order valence-electron chi connectivity index (χ3n) is 2.61. The summed E-state index contributed by atoms with van der Waals surface area (Å²) in [6.45, 7) is 7.69. The lowest BCUT2D eigenvalue weighted by Crippen LogP contribution is -2.37. The third kappa shape index (κ3) is 3.43. The van der Waals surface area contributed by atoms with E-state index >= 15 is 0 Å². The van der Waals surface area contributed by atoms with Gasteiger partial charge in [0.15, 0.2) is 0 Å².